The van der Waals surface area contributed by atoms with Crippen molar-refractivity contribution < 1.29 is 39.9 Å². The Labute approximate surface area is 102 Å². The number of alkyl halides is 8. The quantitative estimate of drug-likeness (QED) is 0.673. The van der Waals surface area contributed by atoms with E-state index in [1.165, 1.54) is 0 Å². The summed E-state index contributed by atoms with van der Waals surface area (Å²) in [6.07, 6.45) is -6.71. The van der Waals surface area contributed by atoms with Crippen LogP contribution in [0.1, 0.15) is 19.3 Å². The maximum atomic E-state index is 14.2. The fraction of sp³-hybridized carbons (Fsp3) is 1.00. The zero-order valence-corrected chi connectivity index (χ0v) is 9.42. The van der Waals surface area contributed by atoms with E-state index in [2.05, 4.69) is 4.74 Å². The highest BCUT2D eigenvalue weighted by Crippen LogP contribution is 2.65. The lowest BCUT2D eigenvalue weighted by molar-refractivity contribution is -0.298. The van der Waals surface area contributed by atoms with Gasteiger partial charge in [-0.15, -0.1) is 0 Å². The van der Waals surface area contributed by atoms with E-state index in [0.717, 1.165) is 0 Å². The molecule has 1 aliphatic carbocycles. The van der Waals surface area contributed by atoms with Gasteiger partial charge in [0.15, 0.2) is 0 Å². The highest BCUT2D eigenvalue weighted by atomic mass is 19.4. The van der Waals surface area contributed by atoms with E-state index < -0.39 is 42.1 Å². The van der Waals surface area contributed by atoms with E-state index in [1.807, 2.05) is 0 Å². The lowest BCUT2D eigenvalue weighted by atomic mass is 9.87. The largest absolute Gasteiger partial charge is 0.378 e. The van der Waals surface area contributed by atoms with Gasteiger partial charge in [-0.2, -0.15) is 26.3 Å². The number of hydrogen-bond acceptors (Lipinski definition) is 1. The maximum Gasteiger partial charge on any atom is 0.378 e. The van der Waals surface area contributed by atoms with Crippen molar-refractivity contribution in [3.8, 4) is 0 Å². The van der Waals surface area contributed by atoms with Gasteiger partial charge in [-0.25, -0.2) is 8.78 Å². The SMILES string of the molecule is FC1C(F)(F)C(F)(F)C(F)(F)C1(F)C1CCCCO1. The predicted molar refractivity (Wildman–Crippen MR) is 47.2 cm³/mol. The summed E-state index contributed by atoms with van der Waals surface area (Å²) < 4.78 is 111. The summed E-state index contributed by atoms with van der Waals surface area (Å²) in [5.74, 6) is -17.7. The second-order valence-electron chi connectivity index (χ2n) is 4.76. The van der Waals surface area contributed by atoms with Gasteiger partial charge in [0.2, 0.25) is 11.8 Å². The second-order valence-corrected chi connectivity index (χ2v) is 4.76. The Morgan fingerprint density at radius 1 is 0.842 bits per heavy atom. The molecule has 3 atom stereocenters. The molecule has 0 amide bonds. The summed E-state index contributed by atoms with van der Waals surface area (Å²) in [6.45, 7) is -0.268. The molecule has 0 bridgehead atoms. The Morgan fingerprint density at radius 3 is 1.79 bits per heavy atom. The minimum Gasteiger partial charge on any atom is -0.375 e. The molecule has 2 rings (SSSR count). The molecule has 1 saturated carbocycles. The third kappa shape index (κ3) is 1.50. The average Bonchev–Trinajstić information content (AvgIpc) is 2.42. The smallest absolute Gasteiger partial charge is 0.375 e. The van der Waals surface area contributed by atoms with Crippen LogP contribution in [0.3, 0.4) is 0 Å². The van der Waals surface area contributed by atoms with Crippen LogP contribution in [-0.4, -0.2) is 42.3 Å². The third-order valence-corrected chi connectivity index (χ3v) is 3.63. The summed E-state index contributed by atoms with van der Waals surface area (Å²) >= 11 is 0. The van der Waals surface area contributed by atoms with Crippen molar-refractivity contribution >= 4 is 0 Å². The van der Waals surface area contributed by atoms with Crippen molar-refractivity contribution in [3.05, 3.63) is 0 Å². The van der Waals surface area contributed by atoms with Crippen molar-refractivity contribution in [1.82, 2.24) is 0 Å². The van der Waals surface area contributed by atoms with Crippen molar-refractivity contribution in [2.75, 3.05) is 6.61 Å². The highest BCUT2D eigenvalue weighted by molar-refractivity contribution is 5.25. The van der Waals surface area contributed by atoms with Crippen LogP contribution in [0.4, 0.5) is 35.1 Å². The lowest BCUT2D eigenvalue weighted by Crippen LogP contribution is -2.59. The average molecular weight is 298 g/mol. The first-order chi connectivity index (χ1) is 8.51. The van der Waals surface area contributed by atoms with Crippen LogP contribution in [0.25, 0.3) is 0 Å². The Bertz CT molecular complexity index is 365. The number of halogens is 8. The van der Waals surface area contributed by atoms with E-state index in [4.69, 9.17) is 0 Å². The predicted octanol–water partition coefficient (Wildman–Crippen LogP) is 3.52. The Balaban J connectivity index is 2.49. The second kappa shape index (κ2) is 3.95. The fourth-order valence-electron chi connectivity index (χ4n) is 2.47. The molecule has 1 saturated heterocycles. The molecular weight excluding hydrogens is 288 g/mol. The zero-order valence-electron chi connectivity index (χ0n) is 9.42. The van der Waals surface area contributed by atoms with Crippen LogP contribution in [0.15, 0.2) is 0 Å². The molecule has 19 heavy (non-hydrogen) atoms. The van der Waals surface area contributed by atoms with Crippen molar-refractivity contribution in [1.29, 1.82) is 0 Å². The van der Waals surface area contributed by atoms with E-state index in [9.17, 15) is 35.1 Å². The summed E-state index contributed by atoms with van der Waals surface area (Å²) in [6, 6.07) is 0. The van der Waals surface area contributed by atoms with Crippen LogP contribution in [0.2, 0.25) is 0 Å². The summed E-state index contributed by atoms with van der Waals surface area (Å²) in [7, 11) is 0. The molecule has 0 radical (unpaired) electrons. The van der Waals surface area contributed by atoms with Crippen LogP contribution < -0.4 is 0 Å². The molecule has 1 nitrogen and oxygen atoms in total. The van der Waals surface area contributed by atoms with E-state index >= 15 is 0 Å². The van der Waals surface area contributed by atoms with Gasteiger partial charge >= 0.3 is 17.8 Å². The van der Waals surface area contributed by atoms with E-state index in [-0.39, 0.29) is 13.0 Å². The van der Waals surface area contributed by atoms with Gasteiger partial charge in [0.1, 0.15) is 6.10 Å². The van der Waals surface area contributed by atoms with Gasteiger partial charge in [0.05, 0.1) is 0 Å². The fourth-order valence-corrected chi connectivity index (χ4v) is 2.47. The number of hydrogen-bond donors (Lipinski definition) is 0. The Kier molecular flexibility index (Phi) is 3.08. The van der Waals surface area contributed by atoms with Gasteiger partial charge in [-0.05, 0) is 19.3 Å². The first-order valence-electron chi connectivity index (χ1n) is 5.59. The van der Waals surface area contributed by atoms with Gasteiger partial charge in [0, 0.05) is 6.61 Å². The molecule has 0 aromatic carbocycles. The Hall–Kier alpha value is -0.600. The van der Waals surface area contributed by atoms with Gasteiger partial charge in [0.25, 0.3) is 0 Å². The number of rotatable bonds is 1. The molecule has 0 aromatic heterocycles. The molecule has 0 N–H and O–H groups in total. The van der Waals surface area contributed by atoms with E-state index in [0.29, 0.717) is 6.42 Å². The molecule has 3 unspecified atom stereocenters. The zero-order chi connectivity index (χ0) is 14.7. The van der Waals surface area contributed by atoms with Crippen molar-refractivity contribution in [3.63, 3.8) is 0 Å². The monoisotopic (exact) mass is 298 g/mol. The van der Waals surface area contributed by atoms with E-state index in [1.54, 1.807) is 0 Å². The minimum atomic E-state index is -6.10. The Morgan fingerprint density at radius 2 is 1.42 bits per heavy atom. The summed E-state index contributed by atoms with van der Waals surface area (Å²) in [4.78, 5) is 0. The maximum absolute atomic E-state index is 14.2. The topological polar surface area (TPSA) is 9.23 Å². The van der Waals surface area contributed by atoms with Crippen molar-refractivity contribution in [2.45, 2.75) is 55.0 Å². The van der Waals surface area contributed by atoms with Gasteiger partial charge < -0.3 is 4.74 Å². The number of ether oxygens (including phenoxy) is 1. The molecule has 0 aromatic rings. The van der Waals surface area contributed by atoms with Gasteiger partial charge in [-0.1, -0.05) is 0 Å². The standard InChI is InChI=1S/C10H10F8O/c11-6-7(12,5-3-1-2-4-19-5)9(15,16)10(17,18)8(6,13)14/h5-6H,1-4H2. The molecule has 1 heterocycles. The highest BCUT2D eigenvalue weighted by Gasteiger charge is 2.94. The van der Waals surface area contributed by atoms with Crippen LogP contribution in [-0.2, 0) is 4.74 Å². The molecule has 9 heteroatoms. The third-order valence-electron chi connectivity index (χ3n) is 3.63. The molecule has 2 aliphatic rings. The molecule has 2 fully saturated rings. The first kappa shape index (κ1) is 14.8. The summed E-state index contributed by atoms with van der Waals surface area (Å²) in [5.41, 5.74) is -4.74. The van der Waals surface area contributed by atoms with Gasteiger partial charge in [-0.3, -0.25) is 0 Å². The summed E-state index contributed by atoms with van der Waals surface area (Å²) in [5, 5.41) is 0. The van der Waals surface area contributed by atoms with Crippen LogP contribution in [0.5, 0.6) is 0 Å². The van der Waals surface area contributed by atoms with Crippen LogP contribution in [0, 0.1) is 0 Å². The van der Waals surface area contributed by atoms with Crippen molar-refractivity contribution in [2.24, 2.45) is 0 Å². The lowest BCUT2D eigenvalue weighted by Gasteiger charge is -2.37. The normalized spacial score (nSPS) is 44.2. The molecule has 112 valence electrons. The minimum absolute atomic E-state index is 0.107. The first-order valence-corrected chi connectivity index (χ1v) is 5.59. The molecule has 0 spiro atoms. The van der Waals surface area contributed by atoms with Crippen LogP contribution >= 0.6 is 0 Å². The molecular formula is C10H10F8O. The molecule has 1 aliphatic heterocycles.